The third-order valence-electron chi connectivity index (χ3n) is 6.10. The summed E-state index contributed by atoms with van der Waals surface area (Å²) in [6.45, 7) is 10.7. The number of hydrogen-bond acceptors (Lipinski definition) is 7. The average molecular weight is 565 g/mol. The lowest BCUT2D eigenvalue weighted by Gasteiger charge is -2.30. The Morgan fingerprint density at radius 2 is 1.62 bits per heavy atom. The number of aryl methyl sites for hydroxylation is 1. The van der Waals surface area contributed by atoms with Gasteiger partial charge in [-0.1, -0.05) is 41.9 Å². The molecule has 0 atom stereocenters. The van der Waals surface area contributed by atoms with E-state index in [9.17, 15) is 4.79 Å². The number of rotatable bonds is 12. The molecule has 1 aromatic heterocycles. The van der Waals surface area contributed by atoms with Crippen LogP contribution in [0.1, 0.15) is 46.6 Å². The van der Waals surface area contributed by atoms with E-state index in [2.05, 4.69) is 4.90 Å². The number of aromatic nitrogens is 1. The van der Waals surface area contributed by atoms with Crippen molar-refractivity contribution < 1.29 is 23.4 Å². The summed E-state index contributed by atoms with van der Waals surface area (Å²) < 4.78 is 23.8. The second-order valence-electron chi connectivity index (χ2n) is 11.1. The van der Waals surface area contributed by atoms with Gasteiger partial charge in [0.05, 0.1) is 6.54 Å². The SMILES string of the molecule is CC(C)(C)OC(=O)C(C)(C)Oc1ccccc1CCCN(CCOc1ccc(Cl)cc1)c1nc2ccccc2o1. The zero-order valence-corrected chi connectivity index (χ0v) is 24.5. The number of halogens is 1. The van der Waals surface area contributed by atoms with E-state index in [1.165, 1.54) is 0 Å². The second kappa shape index (κ2) is 12.6. The molecule has 8 heteroatoms. The van der Waals surface area contributed by atoms with Gasteiger partial charge < -0.3 is 23.5 Å². The number of carbonyl (C=O) groups is 1. The van der Waals surface area contributed by atoms with Gasteiger partial charge >= 0.3 is 5.97 Å². The van der Waals surface area contributed by atoms with E-state index in [1.807, 2.05) is 81.4 Å². The van der Waals surface area contributed by atoms with Crippen molar-refractivity contribution >= 4 is 34.7 Å². The van der Waals surface area contributed by atoms with E-state index in [-0.39, 0.29) is 0 Å². The topological polar surface area (TPSA) is 74.0 Å². The van der Waals surface area contributed by atoms with Crippen LogP contribution in [0.4, 0.5) is 6.01 Å². The van der Waals surface area contributed by atoms with Crippen molar-refractivity contribution in [1.29, 1.82) is 0 Å². The van der Waals surface area contributed by atoms with Crippen molar-refractivity contribution in [2.45, 2.75) is 58.7 Å². The third-order valence-corrected chi connectivity index (χ3v) is 6.35. The molecule has 0 radical (unpaired) electrons. The van der Waals surface area contributed by atoms with E-state index < -0.39 is 17.2 Å². The van der Waals surface area contributed by atoms with Crippen molar-refractivity contribution in [2.75, 3.05) is 24.6 Å². The summed E-state index contributed by atoms with van der Waals surface area (Å²) >= 11 is 5.99. The first-order valence-electron chi connectivity index (χ1n) is 13.5. The first-order valence-corrected chi connectivity index (χ1v) is 13.9. The summed E-state index contributed by atoms with van der Waals surface area (Å²) in [6, 6.07) is 23.4. The monoisotopic (exact) mass is 564 g/mol. The van der Waals surface area contributed by atoms with Crippen molar-refractivity contribution in [3.8, 4) is 11.5 Å². The number of para-hydroxylation sites is 3. The molecule has 40 heavy (non-hydrogen) atoms. The molecule has 0 N–H and O–H groups in total. The number of anilines is 1. The summed E-state index contributed by atoms with van der Waals surface area (Å²) in [6.07, 6.45) is 1.53. The van der Waals surface area contributed by atoms with Crippen molar-refractivity contribution in [1.82, 2.24) is 4.98 Å². The van der Waals surface area contributed by atoms with Crippen LogP contribution < -0.4 is 14.4 Å². The Labute approximate surface area is 241 Å². The molecule has 1 heterocycles. The molecule has 3 aromatic carbocycles. The Morgan fingerprint density at radius 3 is 2.35 bits per heavy atom. The fraction of sp³-hybridized carbons (Fsp3) is 0.375. The van der Waals surface area contributed by atoms with Gasteiger partial charge in [0.2, 0.25) is 0 Å². The summed E-state index contributed by atoms with van der Waals surface area (Å²) in [5.41, 5.74) is 0.831. The van der Waals surface area contributed by atoms with Crippen LogP contribution in [0.2, 0.25) is 5.02 Å². The number of hydrogen-bond donors (Lipinski definition) is 0. The molecule has 4 aromatic rings. The van der Waals surface area contributed by atoms with E-state index >= 15 is 0 Å². The highest BCUT2D eigenvalue weighted by Gasteiger charge is 2.35. The van der Waals surface area contributed by atoms with Crippen molar-refractivity contribution in [2.24, 2.45) is 0 Å². The standard InChI is InChI=1S/C32H37ClN2O5/c1-31(2,3)40-29(36)32(4,5)39-27-14-8-6-11-23(27)12-10-20-35(21-22-37-25-18-16-24(33)17-19-25)30-34-26-13-7-9-15-28(26)38-30/h6-9,11,13-19H,10,12,20-22H2,1-5H3. The van der Waals surface area contributed by atoms with Crippen molar-refractivity contribution in [3.05, 3.63) is 83.4 Å². The predicted molar refractivity (Wildman–Crippen MR) is 158 cm³/mol. The Bertz CT molecular complexity index is 1380. The van der Waals surface area contributed by atoms with Gasteiger partial charge in [0, 0.05) is 11.6 Å². The first-order chi connectivity index (χ1) is 19.0. The molecule has 0 bridgehead atoms. The van der Waals surface area contributed by atoms with Gasteiger partial charge in [0.1, 0.15) is 29.2 Å². The summed E-state index contributed by atoms with van der Waals surface area (Å²) in [5.74, 6) is 1.01. The largest absolute Gasteiger partial charge is 0.492 e. The highest BCUT2D eigenvalue weighted by atomic mass is 35.5. The summed E-state index contributed by atoms with van der Waals surface area (Å²) in [4.78, 5) is 19.5. The van der Waals surface area contributed by atoms with E-state index in [4.69, 9.17) is 35.2 Å². The molecule has 212 valence electrons. The zero-order valence-electron chi connectivity index (χ0n) is 23.8. The van der Waals surface area contributed by atoms with E-state index in [0.29, 0.717) is 36.5 Å². The predicted octanol–water partition coefficient (Wildman–Crippen LogP) is 7.50. The van der Waals surface area contributed by atoms with Crippen LogP contribution in [-0.2, 0) is 16.0 Å². The van der Waals surface area contributed by atoms with Crippen LogP contribution in [0.5, 0.6) is 11.5 Å². The molecule has 0 unspecified atom stereocenters. The quantitative estimate of drug-likeness (QED) is 0.165. The van der Waals surface area contributed by atoms with Gasteiger partial charge in [-0.25, -0.2) is 4.79 Å². The molecule has 0 fully saturated rings. The van der Waals surface area contributed by atoms with Gasteiger partial charge in [0.25, 0.3) is 6.01 Å². The van der Waals surface area contributed by atoms with Crippen molar-refractivity contribution in [3.63, 3.8) is 0 Å². The molecular weight excluding hydrogens is 528 g/mol. The molecular formula is C32H37ClN2O5. The lowest BCUT2D eigenvalue weighted by Crippen LogP contribution is -2.43. The maximum absolute atomic E-state index is 12.8. The molecule has 0 saturated carbocycles. The molecule has 0 aliphatic carbocycles. The minimum absolute atomic E-state index is 0.405. The van der Waals surface area contributed by atoms with Crippen LogP contribution >= 0.6 is 11.6 Å². The average Bonchev–Trinajstić information content (AvgIpc) is 3.33. The van der Waals surface area contributed by atoms with Crippen LogP contribution in [0.3, 0.4) is 0 Å². The van der Waals surface area contributed by atoms with Crippen LogP contribution in [-0.4, -0.2) is 41.9 Å². The molecule has 7 nitrogen and oxygen atoms in total. The fourth-order valence-corrected chi connectivity index (χ4v) is 4.22. The highest BCUT2D eigenvalue weighted by molar-refractivity contribution is 6.30. The molecule has 0 saturated heterocycles. The smallest absolute Gasteiger partial charge is 0.350 e. The molecule has 0 aliphatic heterocycles. The Balaban J connectivity index is 1.43. The Hall–Kier alpha value is -3.71. The van der Waals surface area contributed by atoms with Gasteiger partial charge in [-0.2, -0.15) is 4.98 Å². The van der Waals surface area contributed by atoms with Gasteiger partial charge in [0.15, 0.2) is 11.2 Å². The molecule has 0 spiro atoms. The van der Waals surface area contributed by atoms with Crippen LogP contribution in [0.25, 0.3) is 11.1 Å². The fourth-order valence-electron chi connectivity index (χ4n) is 4.09. The number of carbonyl (C=O) groups excluding carboxylic acids is 1. The summed E-state index contributed by atoms with van der Waals surface area (Å²) in [7, 11) is 0. The van der Waals surface area contributed by atoms with Gasteiger partial charge in [-0.3, -0.25) is 0 Å². The molecule has 4 rings (SSSR count). The number of benzene rings is 3. The number of fused-ring (bicyclic) bond motifs is 1. The van der Waals surface area contributed by atoms with E-state index in [1.54, 1.807) is 26.0 Å². The number of ether oxygens (including phenoxy) is 3. The highest BCUT2D eigenvalue weighted by Crippen LogP contribution is 2.27. The lowest BCUT2D eigenvalue weighted by molar-refractivity contribution is -0.171. The minimum atomic E-state index is -1.13. The van der Waals surface area contributed by atoms with Gasteiger partial charge in [-0.15, -0.1) is 0 Å². The number of oxazole rings is 1. The molecule has 0 aliphatic rings. The minimum Gasteiger partial charge on any atom is -0.492 e. The third kappa shape index (κ3) is 8.15. The zero-order chi connectivity index (χ0) is 28.8. The Kier molecular flexibility index (Phi) is 9.25. The lowest BCUT2D eigenvalue weighted by atomic mass is 10.1. The first kappa shape index (κ1) is 29.3. The van der Waals surface area contributed by atoms with Crippen LogP contribution in [0.15, 0.2) is 77.2 Å². The number of esters is 1. The maximum Gasteiger partial charge on any atom is 0.350 e. The maximum atomic E-state index is 12.8. The van der Waals surface area contributed by atoms with E-state index in [0.717, 1.165) is 35.3 Å². The normalized spacial score (nSPS) is 11.8. The second-order valence-corrected chi connectivity index (χ2v) is 11.5. The number of nitrogens with zero attached hydrogens (tertiary/aromatic N) is 2. The summed E-state index contributed by atoms with van der Waals surface area (Å²) in [5, 5.41) is 0.666. The van der Waals surface area contributed by atoms with Gasteiger partial charge in [-0.05, 0) is 95.5 Å². The Morgan fingerprint density at radius 1 is 0.925 bits per heavy atom. The molecule has 0 amide bonds. The van der Waals surface area contributed by atoms with Crippen LogP contribution in [0, 0.1) is 0 Å².